The van der Waals surface area contributed by atoms with Crippen molar-refractivity contribution in [1.82, 2.24) is 4.90 Å². The number of ether oxygens (including phenoxy) is 6. The van der Waals surface area contributed by atoms with Crippen LogP contribution in [0.3, 0.4) is 0 Å². The number of carbonyl (C=O) groups excluding carboxylic acids is 3. The number of para-hydroxylation sites is 1. The first-order chi connectivity index (χ1) is 24.4. The van der Waals surface area contributed by atoms with Crippen molar-refractivity contribution in [3.05, 3.63) is 29.8 Å². The summed E-state index contributed by atoms with van der Waals surface area (Å²) in [4.78, 5) is 41.1. The van der Waals surface area contributed by atoms with Crippen LogP contribution >= 0.6 is 0 Å². The maximum Gasteiger partial charge on any atom is 0.340 e. The smallest absolute Gasteiger partial charge is 0.340 e. The highest BCUT2D eigenvalue weighted by Gasteiger charge is 2.91. The van der Waals surface area contributed by atoms with E-state index in [0.717, 1.165) is 6.42 Å². The number of carbonyl (C=O) groups is 3. The molecule has 0 aromatic heterocycles. The second-order valence-corrected chi connectivity index (χ2v) is 16.0. The van der Waals surface area contributed by atoms with Crippen molar-refractivity contribution in [1.29, 1.82) is 0 Å². The minimum absolute atomic E-state index is 0.0399. The Labute approximate surface area is 299 Å². The molecule has 0 radical (unpaired) electrons. The third-order valence-electron chi connectivity index (χ3n) is 14.3. The number of likely N-dealkylation sites (tertiary alicyclic amines) is 1. The molecule has 14 atom stereocenters. The number of hydrogen-bond acceptors (Lipinski definition) is 12. The third kappa shape index (κ3) is 4.74. The summed E-state index contributed by atoms with van der Waals surface area (Å²) in [6, 6.07) is 6.19. The first-order valence-electron chi connectivity index (χ1n) is 18.3. The Balaban J connectivity index is 1.27. The number of hydrogen-bond donors (Lipinski definition) is 3. The molecule has 7 bridgehead atoms. The van der Waals surface area contributed by atoms with Gasteiger partial charge in [-0.25, -0.2) is 4.79 Å². The van der Waals surface area contributed by atoms with Crippen molar-refractivity contribution in [2.45, 2.75) is 87.6 Å². The number of esters is 2. The summed E-state index contributed by atoms with van der Waals surface area (Å²) in [5, 5.41) is 29.4. The van der Waals surface area contributed by atoms with Crippen molar-refractivity contribution < 1.29 is 53.0 Å². The molecule has 1 aliphatic heterocycles. The summed E-state index contributed by atoms with van der Waals surface area (Å²) < 4.78 is 36.1. The molecule has 3 N–H and O–H groups in total. The van der Waals surface area contributed by atoms with Crippen LogP contribution in [0.5, 0.6) is 0 Å². The summed E-state index contributed by atoms with van der Waals surface area (Å²) in [5.74, 6) is -2.92. The summed E-state index contributed by atoms with van der Waals surface area (Å²) in [5.41, 5.74) is -4.08. The summed E-state index contributed by atoms with van der Waals surface area (Å²) in [6.45, 7) is 4.86. The van der Waals surface area contributed by atoms with Gasteiger partial charge in [-0.2, -0.15) is 0 Å². The van der Waals surface area contributed by atoms with E-state index in [0.29, 0.717) is 25.9 Å². The van der Waals surface area contributed by atoms with E-state index in [1.807, 2.05) is 0 Å². The molecule has 1 amide bonds. The van der Waals surface area contributed by atoms with Crippen LogP contribution in [0.1, 0.15) is 56.3 Å². The zero-order valence-electron chi connectivity index (χ0n) is 30.8. The van der Waals surface area contributed by atoms with Crippen LogP contribution in [0.25, 0.3) is 0 Å². The molecule has 5 aliphatic carbocycles. The molecule has 6 fully saturated rings. The monoisotopic (exact) mass is 714 g/mol. The van der Waals surface area contributed by atoms with Crippen LogP contribution in [-0.4, -0.2) is 130 Å². The zero-order valence-corrected chi connectivity index (χ0v) is 30.8. The van der Waals surface area contributed by atoms with Gasteiger partial charge >= 0.3 is 11.9 Å². The molecule has 1 aromatic carbocycles. The predicted octanol–water partition coefficient (Wildman–Crippen LogP) is 2.27. The summed E-state index contributed by atoms with van der Waals surface area (Å²) in [7, 11) is 7.96. The number of likely N-dealkylation sites (N-methyl/N-ethyl adjacent to an activating group) is 1. The number of rotatable bonds is 12. The molecule has 1 saturated heterocycles. The number of nitrogens with zero attached hydrogens (tertiary/aromatic N) is 1. The Kier molecular flexibility index (Phi) is 9.38. The Bertz CT molecular complexity index is 1540. The standard InChI is InChI=1S/C38H54N2O11/c1-8-40-18-35(19-51-33(43)21-11-9-10-12-24(21)39-32(42)20(2)15-27(41)48-5)14-13-26(47-4)37-23-16-22-25(46-3)17-36(44,28(23)29(22)49-6)38(45,34(37)40)31(50-7)30(35)37/h9-12,20,22-23,25-26,28-31,34,44-45H,8,13-19H2,1-7H3,(H,39,42)/t20?,22-,23+,25-,26-,28+,29-,30+,31-,34?,35-,36+,37-,38-/m0/s1. The average molecular weight is 715 g/mol. The number of amides is 1. The maximum absolute atomic E-state index is 14.0. The Morgan fingerprint density at radius 3 is 2.43 bits per heavy atom. The lowest BCUT2D eigenvalue weighted by Gasteiger charge is -2.70. The number of benzene rings is 1. The average Bonchev–Trinajstić information content (AvgIpc) is 3.55. The van der Waals surface area contributed by atoms with Crippen molar-refractivity contribution in [3.8, 4) is 0 Å². The lowest BCUT2D eigenvalue weighted by molar-refractivity contribution is -0.320. The van der Waals surface area contributed by atoms with Crippen molar-refractivity contribution in [2.24, 2.45) is 40.4 Å². The topological polar surface area (TPSA) is 162 Å². The number of piperidine rings is 1. The highest BCUT2D eigenvalue weighted by Crippen LogP contribution is 2.80. The largest absolute Gasteiger partial charge is 0.469 e. The Hall–Kier alpha value is -2.65. The van der Waals surface area contributed by atoms with Gasteiger partial charge < -0.3 is 44.0 Å². The quantitative estimate of drug-likeness (QED) is 0.272. The Morgan fingerprint density at radius 1 is 1.04 bits per heavy atom. The molecule has 282 valence electrons. The van der Waals surface area contributed by atoms with E-state index in [1.165, 1.54) is 7.11 Å². The number of nitrogens with one attached hydrogen (secondary N) is 1. The number of fused-ring (bicyclic) bond motifs is 2. The zero-order chi connectivity index (χ0) is 36.7. The van der Waals surface area contributed by atoms with Crippen LogP contribution in [-0.2, 0) is 38.0 Å². The molecule has 1 aromatic rings. The van der Waals surface area contributed by atoms with Gasteiger partial charge in [-0.1, -0.05) is 26.0 Å². The molecule has 13 nitrogen and oxygen atoms in total. The van der Waals surface area contributed by atoms with Gasteiger partial charge in [-0.05, 0) is 43.9 Å². The normalized spacial score (nSPS) is 43.7. The van der Waals surface area contributed by atoms with Crippen LogP contribution < -0.4 is 5.32 Å². The molecular formula is C38H54N2O11. The fourth-order valence-corrected chi connectivity index (χ4v) is 12.7. The first-order valence-corrected chi connectivity index (χ1v) is 18.3. The summed E-state index contributed by atoms with van der Waals surface area (Å²) in [6.07, 6.45) is 0.611. The number of anilines is 1. The van der Waals surface area contributed by atoms with Gasteiger partial charge in [-0.3, -0.25) is 14.5 Å². The van der Waals surface area contributed by atoms with E-state index < -0.39 is 57.9 Å². The molecule has 13 heteroatoms. The van der Waals surface area contributed by atoms with Gasteiger partial charge in [0.05, 0.1) is 61.8 Å². The molecule has 51 heavy (non-hydrogen) atoms. The second kappa shape index (κ2) is 13.0. The SMILES string of the molecule is CCN1C[C@]2(COC(=O)c3ccccc3NC(=O)C(C)CC(=O)OC)CC[C@H](OC)[C@]34C1[C@@](O)([C@@H](OC)[C@H]23)[C@@]1(O)C[C@H](OC)[C@@H]2C[C@@H]4[C@@H]1[C@H]2OC. The molecule has 6 aliphatic rings. The van der Waals surface area contributed by atoms with E-state index in [-0.39, 0.29) is 72.7 Å². The predicted molar refractivity (Wildman–Crippen MR) is 183 cm³/mol. The Morgan fingerprint density at radius 2 is 1.78 bits per heavy atom. The summed E-state index contributed by atoms with van der Waals surface area (Å²) >= 11 is 0. The third-order valence-corrected chi connectivity index (χ3v) is 14.3. The highest BCUT2D eigenvalue weighted by atomic mass is 16.5. The minimum Gasteiger partial charge on any atom is -0.469 e. The molecule has 1 heterocycles. The lowest BCUT2D eigenvalue weighted by Crippen LogP contribution is -2.82. The van der Waals surface area contributed by atoms with E-state index in [9.17, 15) is 24.6 Å². The number of aliphatic hydroxyl groups is 2. The van der Waals surface area contributed by atoms with Gasteiger partial charge in [0.15, 0.2) is 0 Å². The molecule has 1 spiro atoms. The van der Waals surface area contributed by atoms with Crippen LogP contribution in [0.2, 0.25) is 0 Å². The second-order valence-electron chi connectivity index (χ2n) is 16.0. The molecule has 5 saturated carbocycles. The lowest BCUT2D eigenvalue weighted by atomic mass is 9.42. The fourth-order valence-electron chi connectivity index (χ4n) is 12.7. The fraction of sp³-hybridized carbons (Fsp3) is 0.763. The molecular weight excluding hydrogens is 660 g/mol. The van der Waals surface area contributed by atoms with Gasteiger partial charge in [0.1, 0.15) is 11.2 Å². The molecule has 2 unspecified atom stereocenters. The number of methoxy groups -OCH3 is 5. The van der Waals surface area contributed by atoms with Crippen molar-refractivity contribution in [2.75, 3.05) is 60.6 Å². The van der Waals surface area contributed by atoms with Crippen molar-refractivity contribution >= 4 is 23.5 Å². The van der Waals surface area contributed by atoms with Gasteiger partial charge in [0, 0.05) is 75.9 Å². The van der Waals surface area contributed by atoms with Gasteiger partial charge in [-0.15, -0.1) is 0 Å². The van der Waals surface area contributed by atoms with Crippen LogP contribution in [0.15, 0.2) is 24.3 Å². The first kappa shape index (κ1) is 36.7. The highest BCUT2D eigenvalue weighted by molar-refractivity contribution is 6.02. The van der Waals surface area contributed by atoms with E-state index in [1.54, 1.807) is 59.6 Å². The molecule has 7 rings (SSSR count). The van der Waals surface area contributed by atoms with Crippen LogP contribution in [0, 0.1) is 40.4 Å². The van der Waals surface area contributed by atoms with Crippen molar-refractivity contribution in [3.63, 3.8) is 0 Å². The minimum atomic E-state index is -1.70. The van der Waals surface area contributed by atoms with Gasteiger partial charge in [0.2, 0.25) is 5.91 Å². The van der Waals surface area contributed by atoms with Crippen LogP contribution in [0.4, 0.5) is 5.69 Å². The van der Waals surface area contributed by atoms with Gasteiger partial charge in [0.25, 0.3) is 0 Å². The maximum atomic E-state index is 14.0. The van der Waals surface area contributed by atoms with E-state index in [4.69, 9.17) is 28.4 Å². The van der Waals surface area contributed by atoms with E-state index >= 15 is 0 Å². The van der Waals surface area contributed by atoms with E-state index in [2.05, 4.69) is 17.1 Å².